The van der Waals surface area contributed by atoms with Crippen molar-refractivity contribution in [2.24, 2.45) is 10.1 Å². The Hall–Kier alpha value is -1.98. The third-order valence-corrected chi connectivity index (χ3v) is 7.58. The molecule has 1 heterocycles. The molecule has 0 saturated heterocycles. The summed E-state index contributed by atoms with van der Waals surface area (Å²) in [5.74, 6) is 1.61. The van der Waals surface area contributed by atoms with Gasteiger partial charge in [-0.3, -0.25) is 4.79 Å². The van der Waals surface area contributed by atoms with Crippen molar-refractivity contribution in [2.75, 3.05) is 19.5 Å². The Kier molecular flexibility index (Phi) is 8.44. The Morgan fingerprint density at radius 3 is 2.71 bits per heavy atom. The number of hydrogen-bond donors (Lipinski definition) is 1. The Bertz CT molecular complexity index is 1200. The zero-order chi connectivity index (χ0) is 22.3. The van der Waals surface area contributed by atoms with Crippen molar-refractivity contribution in [3.63, 3.8) is 0 Å². The largest absolute Gasteiger partial charge is 0.383 e. The van der Waals surface area contributed by atoms with Crippen molar-refractivity contribution in [1.29, 1.82) is 0 Å². The molecule has 2 aromatic carbocycles. The molecule has 7 nitrogen and oxygen atoms in total. The van der Waals surface area contributed by atoms with E-state index in [-0.39, 0.29) is 10.8 Å². The lowest BCUT2D eigenvalue weighted by Crippen LogP contribution is -2.19. The van der Waals surface area contributed by atoms with Gasteiger partial charge in [0.1, 0.15) is 0 Å². The molecule has 0 atom stereocenters. The highest BCUT2D eigenvalue weighted by Gasteiger charge is 2.13. The predicted octanol–water partition coefficient (Wildman–Crippen LogP) is 3.14. The first-order valence-electron chi connectivity index (χ1n) is 9.73. The molecule has 0 spiro atoms. The average Bonchev–Trinajstić information content (AvgIpc) is 3.08. The lowest BCUT2D eigenvalue weighted by atomic mass is 10.2. The lowest BCUT2D eigenvalue weighted by molar-refractivity contribution is -0.118. The number of thiazole rings is 1. The van der Waals surface area contributed by atoms with Crippen molar-refractivity contribution in [3.05, 3.63) is 58.9 Å². The molecule has 0 aliphatic heterocycles. The second-order valence-electron chi connectivity index (χ2n) is 6.85. The van der Waals surface area contributed by atoms with Gasteiger partial charge in [-0.1, -0.05) is 41.7 Å². The van der Waals surface area contributed by atoms with Gasteiger partial charge in [-0.05, 0) is 35.9 Å². The molecular formula is C21H25N3O4S3. The average molecular weight is 480 g/mol. The number of ether oxygens (including phenoxy) is 1. The summed E-state index contributed by atoms with van der Waals surface area (Å²) >= 11 is 3.06. The minimum Gasteiger partial charge on any atom is -0.383 e. The van der Waals surface area contributed by atoms with Crippen LogP contribution in [-0.4, -0.2) is 38.4 Å². The lowest BCUT2D eigenvalue weighted by Gasteiger charge is -2.05. The molecule has 1 amide bonds. The van der Waals surface area contributed by atoms with E-state index in [1.807, 2.05) is 22.8 Å². The summed E-state index contributed by atoms with van der Waals surface area (Å²) < 4.78 is 31.1. The molecule has 0 aliphatic rings. The number of amides is 1. The maximum absolute atomic E-state index is 12.4. The number of primary sulfonamides is 1. The SMILES string of the molecule is COCCn1c(=NC(=O)CCCSCc2ccccc2)sc2cc(S(N)(=O)=O)ccc21. The first kappa shape index (κ1) is 23.7. The van der Waals surface area contributed by atoms with Crippen LogP contribution in [0.3, 0.4) is 0 Å². The summed E-state index contributed by atoms with van der Waals surface area (Å²) in [5, 5.41) is 5.24. The van der Waals surface area contributed by atoms with Gasteiger partial charge in [0.25, 0.3) is 0 Å². The summed E-state index contributed by atoms with van der Waals surface area (Å²) in [7, 11) is -2.20. The van der Waals surface area contributed by atoms with E-state index < -0.39 is 10.0 Å². The first-order valence-corrected chi connectivity index (χ1v) is 13.2. The summed E-state index contributed by atoms with van der Waals surface area (Å²) in [6, 6.07) is 14.9. The zero-order valence-electron chi connectivity index (χ0n) is 17.2. The number of aromatic nitrogens is 1. The third kappa shape index (κ3) is 6.75. The molecule has 3 aromatic rings. The predicted molar refractivity (Wildman–Crippen MR) is 125 cm³/mol. The maximum atomic E-state index is 12.4. The van der Waals surface area contributed by atoms with Crippen LogP contribution in [0, 0.1) is 0 Å². The van der Waals surface area contributed by atoms with Crippen molar-refractivity contribution in [1.82, 2.24) is 4.57 Å². The Balaban J connectivity index is 1.70. The number of sulfonamides is 1. The zero-order valence-corrected chi connectivity index (χ0v) is 19.6. The van der Waals surface area contributed by atoms with Gasteiger partial charge >= 0.3 is 0 Å². The molecule has 0 bridgehead atoms. The maximum Gasteiger partial charge on any atom is 0.248 e. The van der Waals surface area contributed by atoms with Crippen molar-refractivity contribution in [2.45, 2.75) is 30.0 Å². The topological polar surface area (TPSA) is 104 Å². The summed E-state index contributed by atoms with van der Waals surface area (Å²) in [5.41, 5.74) is 2.06. The number of thioether (sulfide) groups is 1. The van der Waals surface area contributed by atoms with Gasteiger partial charge in [0, 0.05) is 25.8 Å². The monoisotopic (exact) mass is 479 g/mol. The number of nitrogens with zero attached hydrogens (tertiary/aromatic N) is 2. The van der Waals surface area contributed by atoms with Crippen molar-refractivity contribution in [3.8, 4) is 0 Å². The molecule has 0 fully saturated rings. The minimum atomic E-state index is -3.80. The van der Waals surface area contributed by atoms with Crippen molar-refractivity contribution >= 4 is 49.2 Å². The van der Waals surface area contributed by atoms with Crippen LogP contribution in [0.2, 0.25) is 0 Å². The molecule has 166 valence electrons. The van der Waals surface area contributed by atoms with Crippen LogP contribution in [0.5, 0.6) is 0 Å². The van der Waals surface area contributed by atoms with Crippen LogP contribution in [0.1, 0.15) is 18.4 Å². The van der Waals surface area contributed by atoms with Gasteiger partial charge in [0.05, 0.1) is 21.7 Å². The second kappa shape index (κ2) is 11.1. The quantitative estimate of drug-likeness (QED) is 0.450. The van der Waals surface area contributed by atoms with Gasteiger partial charge in [0.2, 0.25) is 15.9 Å². The fourth-order valence-corrected chi connectivity index (χ4v) is 5.61. The molecule has 0 radical (unpaired) electrons. The number of benzene rings is 2. The van der Waals surface area contributed by atoms with Gasteiger partial charge in [-0.25, -0.2) is 13.6 Å². The molecule has 0 unspecified atom stereocenters. The highest BCUT2D eigenvalue weighted by molar-refractivity contribution is 7.98. The molecule has 1 aromatic heterocycles. The molecule has 2 N–H and O–H groups in total. The van der Waals surface area contributed by atoms with E-state index in [1.165, 1.54) is 29.0 Å². The van der Waals surface area contributed by atoms with Crippen LogP contribution in [-0.2, 0) is 31.9 Å². The molecular weight excluding hydrogens is 454 g/mol. The van der Waals surface area contributed by atoms with Crippen molar-refractivity contribution < 1.29 is 17.9 Å². The molecule has 0 aliphatic carbocycles. The van der Waals surface area contributed by atoms with E-state index in [0.717, 1.165) is 23.4 Å². The van der Waals surface area contributed by atoms with Gasteiger partial charge in [0.15, 0.2) is 4.80 Å². The Morgan fingerprint density at radius 1 is 1.23 bits per heavy atom. The summed E-state index contributed by atoms with van der Waals surface area (Å²) in [4.78, 5) is 17.3. The smallest absolute Gasteiger partial charge is 0.248 e. The number of hydrogen-bond acceptors (Lipinski definition) is 6. The van der Waals surface area contributed by atoms with Crippen LogP contribution in [0.25, 0.3) is 10.2 Å². The highest BCUT2D eigenvalue weighted by Crippen LogP contribution is 2.21. The van der Waals surface area contributed by atoms with E-state index in [1.54, 1.807) is 24.9 Å². The van der Waals surface area contributed by atoms with Gasteiger partial charge in [-0.2, -0.15) is 16.8 Å². The van der Waals surface area contributed by atoms with E-state index >= 15 is 0 Å². The Labute approximate surface area is 190 Å². The Morgan fingerprint density at radius 2 is 2.00 bits per heavy atom. The number of fused-ring (bicyclic) bond motifs is 1. The second-order valence-corrected chi connectivity index (χ2v) is 10.5. The molecule has 31 heavy (non-hydrogen) atoms. The van der Waals surface area contributed by atoms with Gasteiger partial charge in [-0.15, -0.1) is 0 Å². The fourth-order valence-electron chi connectivity index (χ4n) is 2.97. The minimum absolute atomic E-state index is 0.0356. The third-order valence-electron chi connectivity index (χ3n) is 4.51. The van der Waals surface area contributed by atoms with E-state index in [4.69, 9.17) is 9.88 Å². The standard InChI is InChI=1S/C21H25N3O4S3/c1-28-12-11-24-18-10-9-17(31(22,26)27)14-19(18)30-21(24)23-20(25)8-5-13-29-15-16-6-3-2-4-7-16/h2-4,6-7,9-10,14H,5,8,11-13,15H2,1H3,(H2,22,26,27). The molecule has 10 heteroatoms. The molecule has 3 rings (SSSR count). The number of carbonyl (C=O) groups excluding carboxylic acids is 1. The van der Waals surface area contributed by atoms with Crippen LogP contribution in [0.4, 0.5) is 0 Å². The number of rotatable bonds is 10. The van der Waals surface area contributed by atoms with Gasteiger partial charge < -0.3 is 9.30 Å². The highest BCUT2D eigenvalue weighted by atomic mass is 32.2. The number of methoxy groups -OCH3 is 1. The van der Waals surface area contributed by atoms with Crippen LogP contribution < -0.4 is 9.94 Å². The number of nitrogens with two attached hydrogens (primary N) is 1. The van der Waals surface area contributed by atoms with E-state index in [2.05, 4.69) is 17.1 Å². The summed E-state index contributed by atoms with van der Waals surface area (Å²) in [6.45, 7) is 0.949. The first-order chi connectivity index (χ1) is 14.9. The van der Waals surface area contributed by atoms with E-state index in [9.17, 15) is 13.2 Å². The normalized spacial score (nSPS) is 12.5. The summed E-state index contributed by atoms with van der Waals surface area (Å²) in [6.07, 6.45) is 1.11. The number of carbonyl (C=O) groups is 1. The fraction of sp³-hybridized carbons (Fsp3) is 0.333. The van der Waals surface area contributed by atoms with E-state index in [0.29, 0.717) is 29.1 Å². The van der Waals surface area contributed by atoms with Crippen LogP contribution in [0.15, 0.2) is 58.4 Å². The van der Waals surface area contributed by atoms with Crippen LogP contribution >= 0.6 is 23.1 Å². The molecule has 0 saturated carbocycles.